The number of hydrogen-bond donors (Lipinski definition) is 2. The van der Waals surface area contributed by atoms with Crippen LogP contribution in [-0.2, 0) is 23.8 Å². The number of nitrogens with zero attached hydrogens (tertiary/aromatic N) is 1. The van der Waals surface area contributed by atoms with Gasteiger partial charge in [-0.25, -0.2) is 14.4 Å². The summed E-state index contributed by atoms with van der Waals surface area (Å²) in [7, 11) is 1.26. The van der Waals surface area contributed by atoms with Gasteiger partial charge >= 0.3 is 18.2 Å². The minimum absolute atomic E-state index is 0.0322. The Morgan fingerprint density at radius 3 is 2.03 bits per heavy atom. The maximum Gasteiger partial charge on any atom is 0.410 e. The van der Waals surface area contributed by atoms with E-state index in [2.05, 4.69) is 10.6 Å². The number of unbranched alkanes of at least 4 members (excludes halogenated alkanes) is 1. The number of amides is 3. The molecule has 2 N–H and O–H groups in total. The number of nitrogens with one attached hydrogen (secondary N) is 2. The molecule has 1 aliphatic rings. The Balaban J connectivity index is 2.33. The second kappa shape index (κ2) is 12.6. The van der Waals surface area contributed by atoms with Gasteiger partial charge in [-0.05, 0) is 73.6 Å². The van der Waals surface area contributed by atoms with E-state index in [-0.39, 0.29) is 17.9 Å². The number of esters is 1. The predicted octanol–water partition coefficient (Wildman–Crippen LogP) is 2.99. The van der Waals surface area contributed by atoms with Gasteiger partial charge in [0.25, 0.3) is 0 Å². The molecule has 0 bridgehead atoms. The monoisotopic (exact) mass is 471 g/mol. The molecule has 33 heavy (non-hydrogen) atoms. The molecule has 0 aromatic carbocycles. The van der Waals surface area contributed by atoms with E-state index < -0.39 is 29.3 Å². The molecular formula is C23H41N3O7. The molecule has 0 saturated carbocycles. The van der Waals surface area contributed by atoms with Crippen LogP contribution in [0.4, 0.5) is 9.59 Å². The van der Waals surface area contributed by atoms with Gasteiger partial charge < -0.3 is 29.7 Å². The summed E-state index contributed by atoms with van der Waals surface area (Å²) < 4.78 is 15.3. The van der Waals surface area contributed by atoms with Crippen molar-refractivity contribution in [2.24, 2.45) is 5.92 Å². The van der Waals surface area contributed by atoms with E-state index in [1.165, 1.54) is 7.11 Å². The maximum absolute atomic E-state index is 12.4. The van der Waals surface area contributed by atoms with Gasteiger partial charge in [0.05, 0.1) is 7.11 Å². The molecule has 0 aromatic rings. The third-order valence-electron chi connectivity index (χ3n) is 4.91. The van der Waals surface area contributed by atoms with Crippen LogP contribution < -0.4 is 10.6 Å². The highest BCUT2D eigenvalue weighted by Crippen LogP contribution is 2.20. The fraction of sp³-hybridized carbons (Fsp3) is 0.826. The minimum atomic E-state index is -0.808. The molecule has 1 atom stereocenters. The van der Waals surface area contributed by atoms with Crippen molar-refractivity contribution in [3.8, 4) is 0 Å². The Morgan fingerprint density at radius 2 is 1.52 bits per heavy atom. The maximum atomic E-state index is 12.4. The molecule has 0 aromatic heterocycles. The summed E-state index contributed by atoms with van der Waals surface area (Å²) in [5.41, 5.74) is -1.21. The minimum Gasteiger partial charge on any atom is -0.467 e. The lowest BCUT2D eigenvalue weighted by molar-refractivity contribution is -0.143. The van der Waals surface area contributed by atoms with Crippen LogP contribution in [0.15, 0.2) is 0 Å². The highest BCUT2D eigenvalue weighted by Gasteiger charge is 2.30. The molecule has 1 fully saturated rings. The number of rotatable bonds is 8. The number of alkyl carbamates (subject to hydrolysis) is 1. The summed E-state index contributed by atoms with van der Waals surface area (Å²) in [4.78, 5) is 50.1. The fourth-order valence-electron chi connectivity index (χ4n) is 3.32. The quantitative estimate of drug-likeness (QED) is 0.317. The Labute approximate surface area is 197 Å². The van der Waals surface area contributed by atoms with Crippen LogP contribution in [0.3, 0.4) is 0 Å². The molecule has 1 unspecified atom stereocenters. The number of methoxy groups -OCH3 is 1. The summed E-state index contributed by atoms with van der Waals surface area (Å²) in [5.74, 6) is -0.711. The lowest BCUT2D eigenvalue weighted by Crippen LogP contribution is -2.45. The van der Waals surface area contributed by atoms with Crippen molar-refractivity contribution in [3.63, 3.8) is 0 Å². The van der Waals surface area contributed by atoms with E-state index >= 15 is 0 Å². The Hall–Kier alpha value is -2.52. The first-order valence-corrected chi connectivity index (χ1v) is 11.5. The average molecular weight is 472 g/mol. The molecule has 10 nitrogen and oxygen atoms in total. The molecule has 0 radical (unpaired) electrons. The molecule has 3 amide bonds. The van der Waals surface area contributed by atoms with Crippen LogP contribution in [-0.4, -0.2) is 73.0 Å². The van der Waals surface area contributed by atoms with Crippen molar-refractivity contribution in [3.05, 3.63) is 0 Å². The molecular weight excluding hydrogens is 430 g/mol. The molecule has 0 spiro atoms. The highest BCUT2D eigenvalue weighted by atomic mass is 16.6. The van der Waals surface area contributed by atoms with Crippen LogP contribution >= 0.6 is 0 Å². The van der Waals surface area contributed by atoms with Gasteiger partial charge in [-0.2, -0.15) is 0 Å². The van der Waals surface area contributed by atoms with E-state index in [0.717, 1.165) is 0 Å². The molecule has 10 heteroatoms. The number of carbonyl (C=O) groups is 4. The molecule has 1 aliphatic heterocycles. The van der Waals surface area contributed by atoms with Crippen molar-refractivity contribution in [1.82, 2.24) is 15.5 Å². The molecule has 1 rings (SSSR count). The number of ether oxygens (including phenoxy) is 3. The fourth-order valence-corrected chi connectivity index (χ4v) is 3.32. The zero-order valence-electron chi connectivity index (χ0n) is 21.1. The Kier molecular flexibility index (Phi) is 10.9. The summed E-state index contributed by atoms with van der Waals surface area (Å²) in [6, 6.07) is -0.808. The van der Waals surface area contributed by atoms with Crippen molar-refractivity contribution in [2.75, 3.05) is 26.7 Å². The summed E-state index contributed by atoms with van der Waals surface area (Å²) >= 11 is 0. The average Bonchev–Trinajstić information content (AvgIpc) is 2.69. The first-order valence-electron chi connectivity index (χ1n) is 11.5. The third-order valence-corrected chi connectivity index (χ3v) is 4.91. The zero-order valence-corrected chi connectivity index (χ0v) is 21.1. The predicted molar refractivity (Wildman–Crippen MR) is 123 cm³/mol. The van der Waals surface area contributed by atoms with Crippen LogP contribution in [0.5, 0.6) is 0 Å². The second-order valence-electron chi connectivity index (χ2n) is 10.3. The molecule has 190 valence electrons. The van der Waals surface area contributed by atoms with Crippen LogP contribution in [0.2, 0.25) is 0 Å². The van der Waals surface area contributed by atoms with E-state index in [0.29, 0.717) is 51.7 Å². The standard InChI is InChI=1S/C23H41N3O7/c1-22(2,3)32-20(29)25-17(19(28)31-7)10-8-9-13-24-18(27)16-11-14-26(15-12-16)21(30)33-23(4,5)6/h16-17H,8-15H2,1-7H3,(H,24,27)(H,25,29). The molecule has 1 heterocycles. The number of piperidine rings is 1. The largest absolute Gasteiger partial charge is 0.467 e. The van der Waals surface area contributed by atoms with Crippen molar-refractivity contribution in [1.29, 1.82) is 0 Å². The Morgan fingerprint density at radius 1 is 0.939 bits per heavy atom. The SMILES string of the molecule is COC(=O)C(CCCCNC(=O)C1CCN(C(=O)OC(C)(C)C)CC1)NC(=O)OC(C)(C)C. The number of hydrogen-bond acceptors (Lipinski definition) is 7. The van der Waals surface area contributed by atoms with Gasteiger partial charge in [-0.1, -0.05) is 0 Å². The van der Waals surface area contributed by atoms with Crippen LogP contribution in [0.1, 0.15) is 73.6 Å². The van der Waals surface area contributed by atoms with Crippen LogP contribution in [0, 0.1) is 5.92 Å². The zero-order chi connectivity index (χ0) is 25.2. The van der Waals surface area contributed by atoms with E-state index in [9.17, 15) is 19.2 Å². The first kappa shape index (κ1) is 28.5. The second-order valence-corrected chi connectivity index (χ2v) is 10.3. The van der Waals surface area contributed by atoms with Crippen molar-refractivity contribution in [2.45, 2.75) is 90.9 Å². The van der Waals surface area contributed by atoms with Gasteiger partial charge in [0.1, 0.15) is 17.2 Å². The third kappa shape index (κ3) is 11.8. The number of likely N-dealkylation sites (tertiary alicyclic amines) is 1. The number of carbonyl (C=O) groups excluding carboxylic acids is 4. The van der Waals surface area contributed by atoms with E-state index in [4.69, 9.17) is 14.2 Å². The Bertz CT molecular complexity index is 675. The molecule has 1 saturated heterocycles. The lowest BCUT2D eigenvalue weighted by atomic mass is 9.96. The van der Waals surface area contributed by atoms with Gasteiger partial charge in [0.15, 0.2) is 0 Å². The van der Waals surface area contributed by atoms with E-state index in [1.807, 2.05) is 20.8 Å². The van der Waals surface area contributed by atoms with Crippen molar-refractivity contribution < 1.29 is 33.4 Å². The van der Waals surface area contributed by atoms with E-state index in [1.54, 1.807) is 25.7 Å². The van der Waals surface area contributed by atoms with Gasteiger partial charge in [-0.15, -0.1) is 0 Å². The summed E-state index contributed by atoms with van der Waals surface area (Å²) in [5, 5.41) is 5.46. The highest BCUT2D eigenvalue weighted by molar-refractivity contribution is 5.81. The normalized spacial score (nSPS) is 15.9. The summed E-state index contributed by atoms with van der Waals surface area (Å²) in [6.45, 7) is 12.1. The van der Waals surface area contributed by atoms with Gasteiger partial charge in [0, 0.05) is 25.6 Å². The summed E-state index contributed by atoms with van der Waals surface area (Å²) in [6.07, 6.45) is 1.78. The topological polar surface area (TPSA) is 123 Å². The first-order chi connectivity index (χ1) is 15.2. The van der Waals surface area contributed by atoms with Crippen LogP contribution in [0.25, 0.3) is 0 Å². The van der Waals surface area contributed by atoms with Gasteiger partial charge in [0.2, 0.25) is 5.91 Å². The molecule has 0 aliphatic carbocycles. The lowest BCUT2D eigenvalue weighted by Gasteiger charge is -2.32. The van der Waals surface area contributed by atoms with Gasteiger partial charge in [-0.3, -0.25) is 4.79 Å². The smallest absolute Gasteiger partial charge is 0.410 e. The van der Waals surface area contributed by atoms with Crippen molar-refractivity contribution >= 4 is 24.1 Å².